The van der Waals surface area contributed by atoms with Gasteiger partial charge in [0.25, 0.3) is 0 Å². The third kappa shape index (κ3) is 2.70. The number of likely N-dealkylation sites (tertiary alicyclic amines) is 1. The van der Waals surface area contributed by atoms with Gasteiger partial charge >= 0.3 is 0 Å². The highest BCUT2D eigenvalue weighted by molar-refractivity contribution is 5.79. The summed E-state index contributed by atoms with van der Waals surface area (Å²) in [6.45, 7) is 2.72. The average Bonchev–Trinajstić information content (AvgIpc) is 2.70. The molecule has 2 rings (SSSR count). The van der Waals surface area contributed by atoms with Crippen molar-refractivity contribution >= 4 is 5.91 Å². The van der Waals surface area contributed by atoms with Crippen LogP contribution in [0, 0.1) is 11.7 Å². The minimum absolute atomic E-state index is 0.00391. The highest BCUT2D eigenvalue weighted by atomic mass is 19.1. The fourth-order valence-corrected chi connectivity index (χ4v) is 2.52. The lowest BCUT2D eigenvalue weighted by Gasteiger charge is -2.25. The van der Waals surface area contributed by atoms with Crippen LogP contribution >= 0.6 is 0 Å². The first-order valence-corrected chi connectivity index (χ1v) is 6.26. The maximum absolute atomic E-state index is 13.0. The summed E-state index contributed by atoms with van der Waals surface area (Å²) < 4.78 is 13.0. The van der Waals surface area contributed by atoms with E-state index in [0.29, 0.717) is 18.0 Å². The molecule has 98 valence electrons. The Bertz CT molecular complexity index is 436. The van der Waals surface area contributed by atoms with E-state index in [1.807, 2.05) is 6.92 Å². The highest BCUT2D eigenvalue weighted by Crippen LogP contribution is 2.24. The molecule has 1 amide bonds. The smallest absolute Gasteiger partial charge is 0.227 e. The van der Waals surface area contributed by atoms with Crippen LogP contribution in [-0.2, 0) is 11.2 Å². The molecular formula is C14H18FNO2. The Balaban J connectivity index is 2.04. The number of carbonyl (C=O) groups is 1. The van der Waals surface area contributed by atoms with E-state index in [1.165, 1.54) is 12.1 Å². The molecule has 1 fully saturated rings. The molecule has 1 aliphatic heterocycles. The molecule has 0 radical (unpaired) electrons. The van der Waals surface area contributed by atoms with Crippen LogP contribution in [-0.4, -0.2) is 35.1 Å². The molecule has 1 heterocycles. The normalized spacial score (nSPS) is 23.4. The molecule has 1 aliphatic rings. The van der Waals surface area contributed by atoms with E-state index in [0.717, 1.165) is 6.42 Å². The molecule has 0 spiro atoms. The predicted molar refractivity (Wildman–Crippen MR) is 66.5 cm³/mol. The molecule has 0 aromatic heterocycles. The summed E-state index contributed by atoms with van der Waals surface area (Å²) >= 11 is 0. The Morgan fingerprint density at radius 3 is 3.00 bits per heavy atom. The van der Waals surface area contributed by atoms with Gasteiger partial charge in [0.05, 0.1) is 19.1 Å². The molecule has 0 aliphatic carbocycles. The summed E-state index contributed by atoms with van der Waals surface area (Å²) in [5.74, 6) is -0.0377. The van der Waals surface area contributed by atoms with E-state index < -0.39 is 0 Å². The number of aliphatic hydroxyl groups is 1. The summed E-state index contributed by atoms with van der Waals surface area (Å²) in [6.07, 6.45) is 1.11. The van der Waals surface area contributed by atoms with Crippen LogP contribution in [0.4, 0.5) is 4.39 Å². The average molecular weight is 251 g/mol. The second-order valence-corrected chi connectivity index (χ2v) is 4.91. The first-order chi connectivity index (χ1) is 8.61. The van der Waals surface area contributed by atoms with E-state index in [9.17, 15) is 14.3 Å². The number of amides is 1. The van der Waals surface area contributed by atoms with Crippen molar-refractivity contribution in [2.75, 3.05) is 13.2 Å². The van der Waals surface area contributed by atoms with Crippen molar-refractivity contribution < 1.29 is 14.3 Å². The fourth-order valence-electron chi connectivity index (χ4n) is 2.52. The maximum atomic E-state index is 13.0. The summed E-state index contributed by atoms with van der Waals surface area (Å²) in [5.41, 5.74) is 0.677. The molecule has 2 atom stereocenters. The molecule has 1 N–H and O–H groups in total. The van der Waals surface area contributed by atoms with Gasteiger partial charge in [0.15, 0.2) is 0 Å². The molecule has 1 aromatic rings. The number of hydrogen-bond acceptors (Lipinski definition) is 2. The van der Waals surface area contributed by atoms with E-state index in [1.54, 1.807) is 17.0 Å². The molecule has 1 saturated heterocycles. The van der Waals surface area contributed by atoms with E-state index in [4.69, 9.17) is 0 Å². The predicted octanol–water partition coefficient (Wildman–Crippen LogP) is 1.60. The summed E-state index contributed by atoms with van der Waals surface area (Å²) in [5, 5.41) is 9.31. The number of carbonyl (C=O) groups excluding carboxylic acids is 1. The zero-order valence-electron chi connectivity index (χ0n) is 10.5. The lowest BCUT2D eigenvalue weighted by atomic mass is 10.0. The Hall–Kier alpha value is -1.42. The third-order valence-electron chi connectivity index (χ3n) is 3.63. The van der Waals surface area contributed by atoms with Crippen molar-refractivity contribution in [1.82, 2.24) is 4.90 Å². The van der Waals surface area contributed by atoms with Gasteiger partial charge in [-0.2, -0.15) is 0 Å². The van der Waals surface area contributed by atoms with Gasteiger partial charge in [-0.05, 0) is 30.0 Å². The number of hydrogen-bond donors (Lipinski definition) is 1. The molecule has 18 heavy (non-hydrogen) atoms. The lowest BCUT2D eigenvalue weighted by molar-refractivity contribution is -0.132. The van der Waals surface area contributed by atoms with Crippen molar-refractivity contribution in [3.8, 4) is 0 Å². The van der Waals surface area contributed by atoms with Gasteiger partial charge in [-0.3, -0.25) is 4.79 Å². The van der Waals surface area contributed by atoms with Crippen LogP contribution in [0.25, 0.3) is 0 Å². The second-order valence-electron chi connectivity index (χ2n) is 4.91. The number of nitrogens with zero attached hydrogens (tertiary/aromatic N) is 1. The second kappa shape index (κ2) is 5.48. The zero-order valence-corrected chi connectivity index (χ0v) is 10.5. The largest absolute Gasteiger partial charge is 0.394 e. The maximum Gasteiger partial charge on any atom is 0.227 e. The Morgan fingerprint density at radius 1 is 1.56 bits per heavy atom. The van der Waals surface area contributed by atoms with Crippen LogP contribution < -0.4 is 0 Å². The van der Waals surface area contributed by atoms with Crippen molar-refractivity contribution in [3.05, 3.63) is 35.6 Å². The van der Waals surface area contributed by atoms with Gasteiger partial charge in [0.2, 0.25) is 5.91 Å². The summed E-state index contributed by atoms with van der Waals surface area (Å²) in [4.78, 5) is 13.9. The topological polar surface area (TPSA) is 40.5 Å². The van der Waals surface area contributed by atoms with E-state index in [-0.39, 0.29) is 30.8 Å². The molecular weight excluding hydrogens is 233 g/mol. The Kier molecular flexibility index (Phi) is 3.97. The molecule has 0 saturated carbocycles. The highest BCUT2D eigenvalue weighted by Gasteiger charge is 2.33. The van der Waals surface area contributed by atoms with Crippen molar-refractivity contribution in [2.45, 2.75) is 25.8 Å². The SMILES string of the molecule is CC1CCN(C(=O)Cc2cccc(F)c2)C1CO. The quantitative estimate of drug-likeness (QED) is 0.886. The van der Waals surface area contributed by atoms with Crippen molar-refractivity contribution in [1.29, 1.82) is 0 Å². The van der Waals surface area contributed by atoms with Crippen LogP contribution in [0.5, 0.6) is 0 Å². The minimum Gasteiger partial charge on any atom is -0.394 e. The van der Waals surface area contributed by atoms with Crippen molar-refractivity contribution in [2.24, 2.45) is 5.92 Å². The molecule has 0 bridgehead atoms. The summed E-state index contributed by atoms with van der Waals surface area (Å²) in [6, 6.07) is 6.00. The van der Waals surface area contributed by atoms with Crippen molar-refractivity contribution in [3.63, 3.8) is 0 Å². The molecule has 2 unspecified atom stereocenters. The van der Waals surface area contributed by atoms with Gasteiger partial charge in [-0.1, -0.05) is 19.1 Å². The van der Waals surface area contributed by atoms with Gasteiger partial charge < -0.3 is 10.0 Å². The standard InChI is InChI=1S/C14H18FNO2/c1-10-5-6-16(13(10)9-17)14(18)8-11-3-2-4-12(15)7-11/h2-4,7,10,13,17H,5-6,8-9H2,1H3. The fraction of sp³-hybridized carbons (Fsp3) is 0.500. The van der Waals surface area contributed by atoms with E-state index in [2.05, 4.69) is 0 Å². The first kappa shape index (κ1) is 13.0. The molecule has 4 heteroatoms. The molecule has 1 aromatic carbocycles. The third-order valence-corrected chi connectivity index (χ3v) is 3.63. The minimum atomic E-state index is -0.325. The lowest BCUT2D eigenvalue weighted by Crippen LogP contribution is -2.40. The summed E-state index contributed by atoms with van der Waals surface area (Å²) in [7, 11) is 0. The number of rotatable bonds is 3. The number of benzene rings is 1. The van der Waals surface area contributed by atoms with Gasteiger partial charge in [-0.15, -0.1) is 0 Å². The monoisotopic (exact) mass is 251 g/mol. The first-order valence-electron chi connectivity index (χ1n) is 6.26. The Morgan fingerprint density at radius 2 is 2.33 bits per heavy atom. The van der Waals surface area contributed by atoms with Crippen LogP contribution in [0.3, 0.4) is 0 Å². The van der Waals surface area contributed by atoms with Crippen LogP contribution in [0.2, 0.25) is 0 Å². The number of halogens is 1. The Labute approximate surface area is 106 Å². The van der Waals surface area contributed by atoms with Crippen LogP contribution in [0.1, 0.15) is 18.9 Å². The van der Waals surface area contributed by atoms with Crippen LogP contribution in [0.15, 0.2) is 24.3 Å². The zero-order chi connectivity index (χ0) is 13.1. The van der Waals surface area contributed by atoms with Gasteiger partial charge in [0, 0.05) is 6.54 Å². The molecule has 3 nitrogen and oxygen atoms in total. The van der Waals surface area contributed by atoms with Gasteiger partial charge in [0.1, 0.15) is 5.82 Å². The van der Waals surface area contributed by atoms with E-state index >= 15 is 0 Å². The number of aliphatic hydroxyl groups excluding tert-OH is 1. The van der Waals surface area contributed by atoms with Gasteiger partial charge in [-0.25, -0.2) is 4.39 Å².